The minimum absolute atomic E-state index is 0.0821. The van der Waals surface area contributed by atoms with Gasteiger partial charge >= 0.3 is 0 Å². The fourth-order valence-corrected chi connectivity index (χ4v) is 2.30. The highest BCUT2D eigenvalue weighted by atomic mass is 16.1. The number of ketones is 1. The summed E-state index contributed by atoms with van der Waals surface area (Å²) in [5.74, 6) is 0.787. The number of nitrogens with one attached hydrogen (secondary N) is 3. The van der Waals surface area contributed by atoms with Crippen LogP contribution in [0.3, 0.4) is 0 Å². The minimum Gasteiger partial charge on any atom is -0.384 e. The molecular weight excluding hydrogens is 192 g/mol. The van der Waals surface area contributed by atoms with Crippen LogP contribution in [0.15, 0.2) is 34.9 Å². The Morgan fingerprint density at radius 3 is 3.20 bits per heavy atom. The van der Waals surface area contributed by atoms with Gasteiger partial charge in [-0.05, 0) is 6.08 Å². The third-order valence-corrected chi connectivity index (χ3v) is 2.98. The van der Waals surface area contributed by atoms with Crippen molar-refractivity contribution in [3.8, 4) is 0 Å². The predicted octanol–water partition coefficient (Wildman–Crippen LogP) is -0.776. The Bertz CT molecular complexity index is 433. The average molecular weight is 204 g/mol. The van der Waals surface area contributed by atoms with Crippen LogP contribution in [-0.2, 0) is 4.79 Å². The Hall–Kier alpha value is -1.75. The van der Waals surface area contributed by atoms with Gasteiger partial charge in [-0.2, -0.15) is 0 Å². The third kappa shape index (κ3) is 1.10. The van der Waals surface area contributed by atoms with E-state index in [-0.39, 0.29) is 11.7 Å². The van der Waals surface area contributed by atoms with E-state index in [9.17, 15) is 4.79 Å². The quantitative estimate of drug-likeness (QED) is 0.416. The number of dihydropyridines is 1. The van der Waals surface area contributed by atoms with E-state index < -0.39 is 0 Å². The number of nitrogens with two attached hydrogens (primary N) is 1. The van der Waals surface area contributed by atoms with Crippen LogP contribution in [-0.4, -0.2) is 12.3 Å². The maximum Gasteiger partial charge on any atom is 0.183 e. The molecule has 0 spiro atoms. The molecule has 78 valence electrons. The van der Waals surface area contributed by atoms with Crippen molar-refractivity contribution in [3.63, 3.8) is 0 Å². The van der Waals surface area contributed by atoms with Crippen molar-refractivity contribution in [2.75, 3.05) is 6.54 Å². The molecular formula is C10H12N4O. The summed E-state index contributed by atoms with van der Waals surface area (Å²) in [6.45, 7) is 0.718. The average Bonchev–Trinajstić information content (AvgIpc) is 2.66. The molecule has 0 bridgehead atoms. The monoisotopic (exact) mass is 204 g/mol. The summed E-state index contributed by atoms with van der Waals surface area (Å²) in [7, 11) is 0. The van der Waals surface area contributed by atoms with Crippen LogP contribution < -0.4 is 21.9 Å². The molecule has 0 aromatic carbocycles. The first-order valence-corrected chi connectivity index (χ1v) is 4.97. The zero-order chi connectivity index (χ0) is 10.4. The van der Waals surface area contributed by atoms with Crippen molar-refractivity contribution in [1.29, 1.82) is 0 Å². The topological polar surface area (TPSA) is 79.2 Å². The van der Waals surface area contributed by atoms with Crippen LogP contribution in [0.1, 0.15) is 6.42 Å². The summed E-state index contributed by atoms with van der Waals surface area (Å²) < 4.78 is 0. The van der Waals surface area contributed by atoms with Crippen LogP contribution in [0.2, 0.25) is 0 Å². The summed E-state index contributed by atoms with van der Waals surface area (Å²) in [6, 6.07) is 0. The Morgan fingerprint density at radius 1 is 1.47 bits per heavy atom. The van der Waals surface area contributed by atoms with Crippen molar-refractivity contribution in [2.45, 2.75) is 6.42 Å². The molecule has 3 aliphatic rings. The summed E-state index contributed by atoms with van der Waals surface area (Å²) in [5.41, 5.74) is 14.5. The van der Waals surface area contributed by atoms with Gasteiger partial charge in [0.05, 0.1) is 5.70 Å². The summed E-state index contributed by atoms with van der Waals surface area (Å²) in [6.07, 6.45) is 4.26. The maximum atomic E-state index is 11.8. The summed E-state index contributed by atoms with van der Waals surface area (Å²) in [5, 5.41) is 3.08. The second-order valence-corrected chi connectivity index (χ2v) is 3.87. The number of hydrazine groups is 1. The highest BCUT2D eigenvalue weighted by Gasteiger charge is 2.36. The predicted molar refractivity (Wildman–Crippen MR) is 54.8 cm³/mol. The molecule has 5 N–H and O–H groups in total. The van der Waals surface area contributed by atoms with Crippen LogP contribution >= 0.6 is 0 Å². The molecule has 15 heavy (non-hydrogen) atoms. The Kier molecular flexibility index (Phi) is 1.63. The maximum absolute atomic E-state index is 11.8. The van der Waals surface area contributed by atoms with Crippen LogP contribution in [0.4, 0.5) is 0 Å². The lowest BCUT2D eigenvalue weighted by Crippen LogP contribution is -2.36. The number of carbonyl (C=O) groups is 1. The number of hydrogen-bond donors (Lipinski definition) is 4. The number of carbonyl (C=O) groups excluding carboxylic acids is 1. The number of hydrogen-bond acceptors (Lipinski definition) is 5. The van der Waals surface area contributed by atoms with E-state index in [2.05, 4.69) is 16.2 Å². The molecule has 5 heteroatoms. The first kappa shape index (κ1) is 8.55. The molecule has 1 fully saturated rings. The normalized spacial score (nSPS) is 28.5. The fraction of sp³-hybridized carbons (Fsp3) is 0.300. The van der Waals surface area contributed by atoms with Crippen molar-refractivity contribution in [3.05, 3.63) is 34.9 Å². The van der Waals surface area contributed by atoms with E-state index >= 15 is 0 Å². The number of allylic oxidation sites excluding steroid dienone is 2. The number of fused-ring (bicyclic) bond motifs is 2. The molecule has 5 nitrogen and oxygen atoms in total. The van der Waals surface area contributed by atoms with Gasteiger partial charge in [0.1, 0.15) is 5.82 Å². The van der Waals surface area contributed by atoms with Crippen LogP contribution in [0.5, 0.6) is 0 Å². The standard InChI is InChI=1S/C10H12N4O/c11-10-9-5(4-12-14-9)8-6(13-10)2-1-3-7(8)15/h1,3,5,12-14H,2,4,11H2. The second kappa shape index (κ2) is 2.87. The van der Waals surface area contributed by atoms with Crippen molar-refractivity contribution < 1.29 is 4.79 Å². The van der Waals surface area contributed by atoms with Gasteiger partial charge in [0.2, 0.25) is 0 Å². The summed E-state index contributed by atoms with van der Waals surface area (Å²) >= 11 is 0. The molecule has 0 saturated carbocycles. The lowest BCUT2D eigenvalue weighted by atomic mass is 9.85. The van der Waals surface area contributed by atoms with Crippen LogP contribution in [0.25, 0.3) is 0 Å². The summed E-state index contributed by atoms with van der Waals surface area (Å²) in [4.78, 5) is 11.8. The lowest BCUT2D eigenvalue weighted by Gasteiger charge is -2.27. The van der Waals surface area contributed by atoms with Gasteiger partial charge in [-0.3, -0.25) is 4.79 Å². The Balaban J connectivity index is 2.07. The van der Waals surface area contributed by atoms with Gasteiger partial charge in [0.15, 0.2) is 5.78 Å². The van der Waals surface area contributed by atoms with Crippen molar-refractivity contribution in [2.24, 2.45) is 11.7 Å². The van der Waals surface area contributed by atoms with Crippen molar-refractivity contribution >= 4 is 5.78 Å². The molecule has 0 aromatic rings. The zero-order valence-corrected chi connectivity index (χ0v) is 8.13. The molecule has 2 aliphatic heterocycles. The van der Waals surface area contributed by atoms with E-state index in [1.54, 1.807) is 6.08 Å². The molecule has 0 radical (unpaired) electrons. The van der Waals surface area contributed by atoms with E-state index in [4.69, 9.17) is 5.73 Å². The zero-order valence-electron chi connectivity index (χ0n) is 8.13. The van der Waals surface area contributed by atoms with Gasteiger partial charge in [0, 0.05) is 30.2 Å². The molecule has 2 heterocycles. The molecule has 1 atom stereocenters. The SMILES string of the molecule is NC1=C2NNCC2C2=C(CC=CC2=O)N1. The minimum atomic E-state index is 0.0821. The van der Waals surface area contributed by atoms with E-state index in [1.807, 2.05) is 6.08 Å². The largest absolute Gasteiger partial charge is 0.384 e. The first-order chi connectivity index (χ1) is 7.27. The Labute approximate surface area is 87.1 Å². The molecule has 1 saturated heterocycles. The molecule has 0 amide bonds. The lowest BCUT2D eigenvalue weighted by molar-refractivity contribution is -0.111. The van der Waals surface area contributed by atoms with Gasteiger partial charge in [-0.1, -0.05) is 6.08 Å². The highest BCUT2D eigenvalue weighted by molar-refractivity contribution is 6.06. The fourth-order valence-electron chi connectivity index (χ4n) is 2.30. The van der Waals surface area contributed by atoms with E-state index in [1.165, 1.54) is 0 Å². The van der Waals surface area contributed by atoms with Gasteiger partial charge in [-0.15, -0.1) is 0 Å². The molecule has 3 rings (SSSR count). The Morgan fingerprint density at radius 2 is 2.33 bits per heavy atom. The second-order valence-electron chi connectivity index (χ2n) is 3.87. The molecule has 0 aromatic heterocycles. The first-order valence-electron chi connectivity index (χ1n) is 4.97. The molecule has 1 unspecified atom stereocenters. The smallest absolute Gasteiger partial charge is 0.183 e. The van der Waals surface area contributed by atoms with Gasteiger partial charge in [0.25, 0.3) is 0 Å². The van der Waals surface area contributed by atoms with E-state index in [0.717, 1.165) is 29.9 Å². The van der Waals surface area contributed by atoms with E-state index in [0.29, 0.717) is 5.82 Å². The number of rotatable bonds is 0. The van der Waals surface area contributed by atoms with Gasteiger partial charge in [-0.25, -0.2) is 5.43 Å². The van der Waals surface area contributed by atoms with Crippen molar-refractivity contribution in [1.82, 2.24) is 16.2 Å². The third-order valence-electron chi connectivity index (χ3n) is 2.98. The van der Waals surface area contributed by atoms with Crippen LogP contribution in [0, 0.1) is 5.92 Å². The van der Waals surface area contributed by atoms with Gasteiger partial charge < -0.3 is 16.5 Å². The highest BCUT2D eigenvalue weighted by Crippen LogP contribution is 2.32. The molecule has 1 aliphatic carbocycles.